The molecular formula is C11H20N2O2S. The average Bonchev–Trinajstić information content (AvgIpc) is 3.13. The van der Waals surface area contributed by atoms with Crippen LogP contribution >= 0.6 is 11.8 Å². The van der Waals surface area contributed by atoms with Crippen molar-refractivity contribution < 1.29 is 9.53 Å². The molecule has 92 valence electrons. The number of carbonyl (C=O) groups excluding carboxylic acids is 1. The normalized spacial score (nSPS) is 25.4. The molecular weight excluding hydrogens is 224 g/mol. The van der Waals surface area contributed by atoms with Gasteiger partial charge < -0.3 is 15.4 Å². The fourth-order valence-electron chi connectivity index (χ4n) is 1.64. The van der Waals surface area contributed by atoms with Crippen LogP contribution in [0.1, 0.15) is 12.8 Å². The van der Waals surface area contributed by atoms with Gasteiger partial charge in [0.1, 0.15) is 0 Å². The highest BCUT2D eigenvalue weighted by Gasteiger charge is 2.22. The van der Waals surface area contributed by atoms with Crippen molar-refractivity contribution in [2.75, 3.05) is 37.8 Å². The summed E-state index contributed by atoms with van der Waals surface area (Å²) in [7, 11) is 0. The first-order chi connectivity index (χ1) is 7.86. The third-order valence-corrected chi connectivity index (χ3v) is 3.90. The van der Waals surface area contributed by atoms with Gasteiger partial charge in [-0.3, -0.25) is 4.79 Å². The Morgan fingerprint density at radius 2 is 2.38 bits per heavy atom. The van der Waals surface area contributed by atoms with E-state index in [4.69, 9.17) is 4.74 Å². The van der Waals surface area contributed by atoms with Crippen LogP contribution in [0, 0.1) is 5.92 Å². The third-order valence-electron chi connectivity index (χ3n) is 2.83. The summed E-state index contributed by atoms with van der Waals surface area (Å²) in [5.74, 6) is 2.90. The van der Waals surface area contributed by atoms with Crippen LogP contribution in [0.3, 0.4) is 0 Å². The van der Waals surface area contributed by atoms with Crippen LogP contribution in [0.25, 0.3) is 0 Å². The maximum atomic E-state index is 11.7. The molecule has 1 heterocycles. The van der Waals surface area contributed by atoms with Crippen LogP contribution in [0.2, 0.25) is 0 Å². The highest BCUT2D eigenvalue weighted by molar-refractivity contribution is 7.99. The van der Waals surface area contributed by atoms with Gasteiger partial charge in [-0.25, -0.2) is 0 Å². The fourth-order valence-corrected chi connectivity index (χ4v) is 2.57. The highest BCUT2D eigenvalue weighted by atomic mass is 32.2. The summed E-state index contributed by atoms with van der Waals surface area (Å²) in [6.45, 7) is 3.07. The van der Waals surface area contributed by atoms with E-state index in [2.05, 4.69) is 10.6 Å². The Morgan fingerprint density at radius 3 is 3.06 bits per heavy atom. The average molecular weight is 244 g/mol. The lowest BCUT2D eigenvalue weighted by Crippen LogP contribution is -2.49. The monoisotopic (exact) mass is 244 g/mol. The number of thioether (sulfide) groups is 1. The lowest BCUT2D eigenvalue weighted by molar-refractivity contribution is -0.122. The molecule has 2 aliphatic rings. The predicted molar refractivity (Wildman–Crippen MR) is 65.7 cm³/mol. The number of ether oxygens (including phenoxy) is 1. The Kier molecular flexibility index (Phi) is 4.93. The van der Waals surface area contributed by atoms with Gasteiger partial charge in [0.15, 0.2) is 0 Å². The molecule has 2 fully saturated rings. The molecule has 16 heavy (non-hydrogen) atoms. The molecule has 2 N–H and O–H groups in total. The second-order valence-corrected chi connectivity index (χ2v) is 5.54. The second-order valence-electron chi connectivity index (χ2n) is 4.39. The molecule has 1 saturated carbocycles. The van der Waals surface area contributed by atoms with E-state index in [0.29, 0.717) is 13.2 Å². The SMILES string of the molecule is O=C(NCCOCC1CC1)C1CSCCN1. The van der Waals surface area contributed by atoms with Gasteiger partial charge in [-0.2, -0.15) is 11.8 Å². The largest absolute Gasteiger partial charge is 0.379 e. The van der Waals surface area contributed by atoms with Crippen molar-refractivity contribution in [3.8, 4) is 0 Å². The van der Waals surface area contributed by atoms with E-state index in [1.54, 1.807) is 0 Å². The van der Waals surface area contributed by atoms with E-state index in [0.717, 1.165) is 30.6 Å². The van der Waals surface area contributed by atoms with Crippen molar-refractivity contribution in [3.63, 3.8) is 0 Å². The summed E-state index contributed by atoms with van der Waals surface area (Å²) in [5.41, 5.74) is 0. The molecule has 1 aliphatic heterocycles. The van der Waals surface area contributed by atoms with E-state index in [9.17, 15) is 4.79 Å². The maximum absolute atomic E-state index is 11.7. The molecule has 0 spiro atoms. The molecule has 1 unspecified atom stereocenters. The lowest BCUT2D eigenvalue weighted by Gasteiger charge is -2.22. The maximum Gasteiger partial charge on any atom is 0.238 e. The summed E-state index contributed by atoms with van der Waals surface area (Å²) in [6.07, 6.45) is 2.63. The number of nitrogens with one attached hydrogen (secondary N) is 2. The van der Waals surface area contributed by atoms with E-state index in [-0.39, 0.29) is 11.9 Å². The first kappa shape index (κ1) is 12.2. The van der Waals surface area contributed by atoms with Crippen LogP contribution in [0.5, 0.6) is 0 Å². The summed E-state index contributed by atoms with van der Waals surface area (Å²) < 4.78 is 5.45. The second kappa shape index (κ2) is 6.47. The quantitative estimate of drug-likeness (QED) is 0.657. The van der Waals surface area contributed by atoms with Gasteiger partial charge in [0.2, 0.25) is 5.91 Å². The van der Waals surface area contributed by atoms with Gasteiger partial charge in [-0.05, 0) is 18.8 Å². The molecule has 4 nitrogen and oxygen atoms in total. The van der Waals surface area contributed by atoms with Crippen molar-refractivity contribution in [1.29, 1.82) is 0 Å². The van der Waals surface area contributed by atoms with E-state index in [1.165, 1.54) is 12.8 Å². The minimum absolute atomic E-state index is 0.0119. The van der Waals surface area contributed by atoms with Gasteiger partial charge in [0.25, 0.3) is 0 Å². The van der Waals surface area contributed by atoms with Crippen LogP contribution in [-0.4, -0.2) is 49.8 Å². The minimum Gasteiger partial charge on any atom is -0.379 e. The van der Waals surface area contributed by atoms with Gasteiger partial charge in [-0.15, -0.1) is 0 Å². The van der Waals surface area contributed by atoms with E-state index in [1.807, 2.05) is 11.8 Å². The summed E-state index contributed by atoms with van der Waals surface area (Å²) in [6, 6.07) is -0.0119. The van der Waals surface area contributed by atoms with Crippen molar-refractivity contribution >= 4 is 17.7 Å². The lowest BCUT2D eigenvalue weighted by atomic mass is 10.3. The Hall–Kier alpha value is -0.260. The van der Waals surface area contributed by atoms with Crippen LogP contribution in [0.15, 0.2) is 0 Å². The van der Waals surface area contributed by atoms with Crippen LogP contribution in [-0.2, 0) is 9.53 Å². The fraction of sp³-hybridized carbons (Fsp3) is 0.909. The minimum atomic E-state index is -0.0119. The smallest absolute Gasteiger partial charge is 0.238 e. The Balaban J connectivity index is 1.48. The first-order valence-electron chi connectivity index (χ1n) is 6.03. The summed E-state index contributed by atoms with van der Waals surface area (Å²) >= 11 is 1.83. The molecule has 1 amide bonds. The van der Waals surface area contributed by atoms with E-state index < -0.39 is 0 Å². The third kappa shape index (κ3) is 4.31. The van der Waals surface area contributed by atoms with Gasteiger partial charge in [-0.1, -0.05) is 0 Å². The first-order valence-corrected chi connectivity index (χ1v) is 7.18. The number of amides is 1. The van der Waals surface area contributed by atoms with Crippen molar-refractivity contribution in [2.24, 2.45) is 5.92 Å². The topological polar surface area (TPSA) is 50.4 Å². The highest BCUT2D eigenvalue weighted by Crippen LogP contribution is 2.28. The Bertz CT molecular complexity index is 228. The molecule has 0 aromatic carbocycles. The van der Waals surface area contributed by atoms with Gasteiger partial charge in [0.05, 0.1) is 12.6 Å². The van der Waals surface area contributed by atoms with Crippen molar-refractivity contribution in [3.05, 3.63) is 0 Å². The molecule has 1 aliphatic carbocycles. The molecule has 0 aromatic rings. The molecule has 0 bridgehead atoms. The predicted octanol–water partition coefficient (Wildman–Crippen LogP) is 0.234. The summed E-state index contributed by atoms with van der Waals surface area (Å²) in [4.78, 5) is 11.7. The molecule has 1 atom stereocenters. The van der Waals surface area contributed by atoms with E-state index >= 15 is 0 Å². The zero-order valence-corrected chi connectivity index (χ0v) is 10.4. The molecule has 0 aromatic heterocycles. The molecule has 0 radical (unpaired) electrons. The molecule has 2 rings (SSSR count). The van der Waals surface area contributed by atoms with Crippen molar-refractivity contribution in [1.82, 2.24) is 10.6 Å². The number of hydrogen-bond donors (Lipinski definition) is 2. The Morgan fingerprint density at radius 1 is 1.50 bits per heavy atom. The van der Waals surface area contributed by atoms with Crippen LogP contribution in [0.4, 0.5) is 0 Å². The number of hydrogen-bond acceptors (Lipinski definition) is 4. The van der Waals surface area contributed by atoms with Crippen molar-refractivity contribution in [2.45, 2.75) is 18.9 Å². The summed E-state index contributed by atoms with van der Waals surface area (Å²) in [5, 5.41) is 6.12. The van der Waals surface area contributed by atoms with Crippen LogP contribution < -0.4 is 10.6 Å². The Labute approximate surface area is 101 Å². The molecule has 1 saturated heterocycles. The number of rotatable bonds is 6. The van der Waals surface area contributed by atoms with Gasteiger partial charge >= 0.3 is 0 Å². The zero-order valence-electron chi connectivity index (χ0n) is 9.54. The standard InChI is InChI=1S/C11H20N2O2S/c14-11(10-8-16-6-4-12-10)13-3-5-15-7-9-1-2-9/h9-10,12H,1-8H2,(H,13,14). The number of carbonyl (C=O) groups is 1. The zero-order chi connectivity index (χ0) is 11.2. The van der Waals surface area contributed by atoms with Gasteiger partial charge in [0, 0.05) is 31.2 Å². The molecule has 5 heteroatoms.